The molecule has 1 fully saturated rings. The lowest BCUT2D eigenvalue weighted by Crippen LogP contribution is -2.24. The highest BCUT2D eigenvalue weighted by atomic mass is 35.5. The Morgan fingerprint density at radius 1 is 1.24 bits per heavy atom. The number of rotatable bonds is 3. The average Bonchev–Trinajstić information content (AvgIpc) is 3.26. The molecule has 132 valence electrons. The minimum absolute atomic E-state index is 0.252. The second-order valence-electron chi connectivity index (χ2n) is 5.95. The number of halogens is 3. The molecule has 1 aliphatic heterocycles. The largest absolute Gasteiger partial charge is 0.394 e. The van der Waals surface area contributed by atoms with E-state index in [1.54, 1.807) is 23.5 Å². The fourth-order valence-corrected chi connectivity index (χ4v) is 4.65. The number of fused-ring (bicyclic) bond motifs is 1. The van der Waals surface area contributed by atoms with Crippen LogP contribution in [0.4, 0.5) is 0 Å². The van der Waals surface area contributed by atoms with Crippen LogP contribution in [0.1, 0.15) is 12.6 Å². The Kier molecular flexibility index (Phi) is 4.75. The summed E-state index contributed by atoms with van der Waals surface area (Å²) in [6.45, 7) is -0.252. The second-order valence-corrected chi connectivity index (χ2v) is 7.90. The molecule has 2 N–H and O–H groups in total. The van der Waals surface area contributed by atoms with Crippen LogP contribution < -0.4 is 0 Å². The van der Waals surface area contributed by atoms with Crippen LogP contribution in [0.5, 0.6) is 0 Å². The predicted molar refractivity (Wildman–Crippen MR) is 102 cm³/mol. The Bertz CT molecular complexity index is 925. The van der Waals surface area contributed by atoms with Crippen LogP contribution in [-0.4, -0.2) is 33.6 Å². The van der Waals surface area contributed by atoms with Crippen LogP contribution in [0.25, 0.3) is 22.0 Å². The minimum atomic E-state index is -0.754. The summed E-state index contributed by atoms with van der Waals surface area (Å²) in [5, 5.41) is 25.6. The van der Waals surface area contributed by atoms with Crippen molar-refractivity contribution in [2.75, 3.05) is 6.61 Å². The van der Waals surface area contributed by atoms with Crippen molar-refractivity contribution in [3.05, 3.63) is 44.2 Å². The zero-order chi connectivity index (χ0) is 17.7. The SMILES string of the molecule is OC[C@H]1O[C@@H](n2c(Cl)c(-c3ccsc3)c3cc(Cl)c(Cl)cc32)C[C@@H]1O. The molecule has 0 saturated carbocycles. The van der Waals surface area contributed by atoms with E-state index in [4.69, 9.17) is 39.5 Å². The highest BCUT2D eigenvalue weighted by Gasteiger charge is 2.36. The van der Waals surface area contributed by atoms with E-state index in [0.29, 0.717) is 21.6 Å². The van der Waals surface area contributed by atoms with Gasteiger partial charge in [-0.25, -0.2) is 0 Å². The van der Waals surface area contributed by atoms with E-state index >= 15 is 0 Å². The molecule has 8 heteroatoms. The van der Waals surface area contributed by atoms with Gasteiger partial charge in [-0.2, -0.15) is 11.3 Å². The summed E-state index contributed by atoms with van der Waals surface area (Å²) in [7, 11) is 0. The molecular weight excluding hydrogens is 405 g/mol. The minimum Gasteiger partial charge on any atom is -0.394 e. The monoisotopic (exact) mass is 417 g/mol. The van der Waals surface area contributed by atoms with Crippen molar-refractivity contribution in [2.45, 2.75) is 24.9 Å². The summed E-state index contributed by atoms with van der Waals surface area (Å²) in [6.07, 6.45) is -1.55. The Labute approximate surface area is 163 Å². The first-order valence-electron chi connectivity index (χ1n) is 7.66. The van der Waals surface area contributed by atoms with Gasteiger partial charge in [0.1, 0.15) is 17.5 Å². The lowest BCUT2D eigenvalue weighted by Gasteiger charge is -2.16. The van der Waals surface area contributed by atoms with Gasteiger partial charge in [-0.05, 0) is 34.5 Å². The fourth-order valence-electron chi connectivity index (χ4n) is 3.27. The molecule has 0 spiro atoms. The quantitative estimate of drug-likeness (QED) is 0.631. The van der Waals surface area contributed by atoms with E-state index in [9.17, 15) is 10.2 Å². The third-order valence-corrected chi connectivity index (χ3v) is 6.24. The van der Waals surface area contributed by atoms with E-state index in [0.717, 1.165) is 22.0 Å². The summed E-state index contributed by atoms with van der Waals surface area (Å²) in [4.78, 5) is 0. The van der Waals surface area contributed by atoms with Gasteiger partial charge >= 0.3 is 0 Å². The molecule has 3 atom stereocenters. The molecule has 3 aromatic rings. The van der Waals surface area contributed by atoms with Crippen LogP contribution in [0.15, 0.2) is 29.0 Å². The van der Waals surface area contributed by atoms with Gasteiger partial charge in [0.05, 0.1) is 28.3 Å². The molecule has 0 aliphatic carbocycles. The number of hydrogen-bond donors (Lipinski definition) is 2. The number of benzene rings is 1. The molecule has 0 radical (unpaired) electrons. The molecule has 2 aromatic heterocycles. The van der Waals surface area contributed by atoms with Crippen molar-refractivity contribution in [3.8, 4) is 11.1 Å². The van der Waals surface area contributed by atoms with Crippen LogP contribution in [0.3, 0.4) is 0 Å². The molecule has 1 aliphatic rings. The maximum Gasteiger partial charge on any atom is 0.138 e. The van der Waals surface area contributed by atoms with Gasteiger partial charge in [-0.1, -0.05) is 34.8 Å². The topological polar surface area (TPSA) is 54.6 Å². The normalized spacial score (nSPS) is 23.6. The maximum absolute atomic E-state index is 10.1. The van der Waals surface area contributed by atoms with Crippen molar-refractivity contribution in [1.82, 2.24) is 4.57 Å². The highest BCUT2D eigenvalue weighted by Crippen LogP contribution is 2.45. The van der Waals surface area contributed by atoms with Crippen molar-refractivity contribution >= 4 is 57.0 Å². The highest BCUT2D eigenvalue weighted by molar-refractivity contribution is 7.08. The summed E-state index contributed by atoms with van der Waals surface area (Å²) in [5.74, 6) is 0. The second kappa shape index (κ2) is 6.74. The van der Waals surface area contributed by atoms with Gasteiger partial charge in [-0.15, -0.1) is 0 Å². The molecule has 25 heavy (non-hydrogen) atoms. The zero-order valence-electron chi connectivity index (χ0n) is 12.8. The van der Waals surface area contributed by atoms with Crippen LogP contribution in [0, 0.1) is 0 Å². The number of aromatic nitrogens is 1. The van der Waals surface area contributed by atoms with Gasteiger partial charge in [0, 0.05) is 17.4 Å². The molecule has 0 amide bonds. The van der Waals surface area contributed by atoms with Gasteiger partial charge < -0.3 is 19.5 Å². The average molecular weight is 419 g/mol. The fraction of sp³-hybridized carbons (Fsp3) is 0.294. The Morgan fingerprint density at radius 2 is 2.00 bits per heavy atom. The Balaban J connectivity index is 1.95. The lowest BCUT2D eigenvalue weighted by molar-refractivity contribution is -0.0427. The maximum atomic E-state index is 10.1. The Hall–Kier alpha value is -0.790. The first-order valence-corrected chi connectivity index (χ1v) is 9.74. The van der Waals surface area contributed by atoms with Gasteiger partial charge in [0.15, 0.2) is 0 Å². The van der Waals surface area contributed by atoms with Crippen molar-refractivity contribution < 1.29 is 14.9 Å². The number of ether oxygens (including phenoxy) is 1. The van der Waals surface area contributed by atoms with E-state index in [-0.39, 0.29) is 6.61 Å². The number of thiophene rings is 1. The zero-order valence-corrected chi connectivity index (χ0v) is 15.9. The summed E-state index contributed by atoms with van der Waals surface area (Å²) < 4.78 is 7.61. The van der Waals surface area contributed by atoms with E-state index in [2.05, 4.69) is 0 Å². The third kappa shape index (κ3) is 2.88. The van der Waals surface area contributed by atoms with Crippen molar-refractivity contribution in [3.63, 3.8) is 0 Å². The number of hydrogen-bond acceptors (Lipinski definition) is 4. The van der Waals surface area contributed by atoms with Crippen LogP contribution in [-0.2, 0) is 4.74 Å². The van der Waals surface area contributed by atoms with Crippen molar-refractivity contribution in [1.29, 1.82) is 0 Å². The molecule has 1 aromatic carbocycles. The number of nitrogens with zero attached hydrogens (tertiary/aromatic N) is 1. The van der Waals surface area contributed by atoms with Crippen molar-refractivity contribution in [2.24, 2.45) is 0 Å². The Morgan fingerprint density at radius 3 is 2.64 bits per heavy atom. The molecule has 4 nitrogen and oxygen atoms in total. The first-order chi connectivity index (χ1) is 12.0. The van der Waals surface area contributed by atoms with E-state index in [1.807, 2.05) is 21.4 Å². The molecular formula is C17H14Cl3NO3S. The van der Waals surface area contributed by atoms with Crippen LogP contribution >= 0.6 is 46.1 Å². The molecule has 4 rings (SSSR count). The number of aliphatic hydroxyl groups excluding tert-OH is 2. The van der Waals surface area contributed by atoms with E-state index < -0.39 is 18.4 Å². The van der Waals surface area contributed by atoms with Gasteiger partial charge in [0.2, 0.25) is 0 Å². The molecule has 0 bridgehead atoms. The lowest BCUT2D eigenvalue weighted by atomic mass is 10.1. The third-order valence-electron chi connectivity index (χ3n) is 4.47. The summed E-state index contributed by atoms with van der Waals surface area (Å²) in [5.41, 5.74) is 2.60. The number of aliphatic hydroxyl groups is 2. The standard InChI is InChI=1S/C17H14Cl3NO3S/c18-10-3-9-12(4-11(10)19)21(15-5-13(23)14(6-22)24-15)17(20)16(9)8-1-2-25-7-8/h1-4,7,13-15,22-23H,5-6H2/t13-,14+,15+/m0/s1. The van der Waals surface area contributed by atoms with Crippen LogP contribution in [0.2, 0.25) is 15.2 Å². The molecule has 3 heterocycles. The molecule has 1 saturated heterocycles. The smallest absolute Gasteiger partial charge is 0.138 e. The summed E-state index contributed by atoms with van der Waals surface area (Å²) >= 11 is 20.7. The van der Waals surface area contributed by atoms with E-state index in [1.165, 1.54) is 0 Å². The molecule has 0 unspecified atom stereocenters. The first kappa shape index (κ1) is 17.6. The van der Waals surface area contributed by atoms with Gasteiger partial charge in [-0.3, -0.25) is 0 Å². The summed E-state index contributed by atoms with van der Waals surface area (Å²) in [6, 6.07) is 5.53. The van der Waals surface area contributed by atoms with Gasteiger partial charge in [0.25, 0.3) is 0 Å². The predicted octanol–water partition coefficient (Wildman–Crippen LogP) is 4.97.